The molecular formula is C10H16F3NO2S. The highest BCUT2D eigenvalue weighted by Gasteiger charge is 2.46. The van der Waals surface area contributed by atoms with Gasteiger partial charge in [-0.15, -0.1) is 5.73 Å². The van der Waals surface area contributed by atoms with Crippen LogP contribution in [0.4, 0.5) is 13.2 Å². The second-order valence-corrected chi connectivity index (χ2v) is 6.14. The second-order valence-electron chi connectivity index (χ2n) is 4.38. The predicted octanol–water partition coefficient (Wildman–Crippen LogP) is 2.57. The quantitative estimate of drug-likeness (QED) is 0.755. The number of nitrogens with one attached hydrogen (secondary N) is 1. The van der Waals surface area contributed by atoms with Crippen molar-refractivity contribution in [2.45, 2.75) is 32.2 Å². The fourth-order valence-corrected chi connectivity index (χ4v) is 1.77. The Kier molecular flexibility index (Phi) is 5.45. The van der Waals surface area contributed by atoms with Crippen molar-refractivity contribution in [3.05, 3.63) is 18.4 Å². The Morgan fingerprint density at radius 3 is 2.29 bits per heavy atom. The van der Waals surface area contributed by atoms with Crippen LogP contribution in [0.2, 0.25) is 0 Å². The fourth-order valence-electron chi connectivity index (χ4n) is 1.03. The average molecular weight is 271 g/mol. The molecule has 3 nitrogen and oxygen atoms in total. The standard InChI is InChI=1S/C10H16F3NO2S/c1-4-5-6-7-9(2,3)8-14-17(15,16)10(11,12)13/h5,14H,1,6-8H2,2-3H3. The summed E-state index contributed by atoms with van der Waals surface area (Å²) in [6, 6.07) is 0. The number of hydrogen-bond donors (Lipinski definition) is 1. The van der Waals surface area contributed by atoms with Crippen molar-refractivity contribution < 1.29 is 21.6 Å². The molecule has 0 saturated carbocycles. The van der Waals surface area contributed by atoms with Crippen LogP contribution in [0.15, 0.2) is 18.4 Å². The SMILES string of the molecule is C=C=CCCC(C)(C)CNS(=O)(=O)C(F)(F)F. The molecule has 100 valence electrons. The minimum atomic E-state index is -5.26. The molecule has 0 radical (unpaired) electrons. The van der Waals surface area contributed by atoms with E-state index in [9.17, 15) is 21.6 Å². The summed E-state index contributed by atoms with van der Waals surface area (Å²) in [7, 11) is -5.25. The lowest BCUT2D eigenvalue weighted by molar-refractivity contribution is -0.0449. The van der Waals surface area contributed by atoms with Crippen molar-refractivity contribution in [3.8, 4) is 0 Å². The number of hydrogen-bond acceptors (Lipinski definition) is 2. The van der Waals surface area contributed by atoms with Gasteiger partial charge in [0.1, 0.15) is 0 Å². The van der Waals surface area contributed by atoms with Crippen LogP contribution in [0.1, 0.15) is 26.7 Å². The molecule has 0 heterocycles. The second kappa shape index (κ2) is 5.71. The molecule has 17 heavy (non-hydrogen) atoms. The molecule has 0 aliphatic heterocycles. The van der Waals surface area contributed by atoms with Crippen LogP contribution in [-0.2, 0) is 10.0 Å². The third-order valence-corrected chi connectivity index (χ3v) is 3.29. The van der Waals surface area contributed by atoms with Gasteiger partial charge in [0.15, 0.2) is 0 Å². The van der Waals surface area contributed by atoms with Crippen LogP contribution >= 0.6 is 0 Å². The molecule has 0 aromatic heterocycles. The maximum absolute atomic E-state index is 12.0. The lowest BCUT2D eigenvalue weighted by atomic mass is 9.88. The van der Waals surface area contributed by atoms with Crippen molar-refractivity contribution in [1.82, 2.24) is 4.72 Å². The van der Waals surface area contributed by atoms with Crippen molar-refractivity contribution >= 4 is 10.0 Å². The third-order valence-electron chi connectivity index (χ3n) is 2.16. The van der Waals surface area contributed by atoms with E-state index < -0.39 is 20.9 Å². The van der Waals surface area contributed by atoms with Crippen LogP contribution in [0.5, 0.6) is 0 Å². The van der Waals surface area contributed by atoms with Crippen LogP contribution in [-0.4, -0.2) is 20.5 Å². The summed E-state index contributed by atoms with van der Waals surface area (Å²) < 4.78 is 59.2. The van der Waals surface area contributed by atoms with Crippen molar-refractivity contribution in [1.29, 1.82) is 0 Å². The van der Waals surface area contributed by atoms with Gasteiger partial charge in [0.2, 0.25) is 0 Å². The lowest BCUT2D eigenvalue weighted by Gasteiger charge is -2.24. The zero-order valence-corrected chi connectivity index (χ0v) is 10.6. The molecule has 0 bridgehead atoms. The molecule has 1 N–H and O–H groups in total. The highest BCUT2D eigenvalue weighted by molar-refractivity contribution is 7.90. The molecule has 0 saturated heterocycles. The molecular weight excluding hydrogens is 255 g/mol. The molecule has 0 aromatic carbocycles. The average Bonchev–Trinajstić information content (AvgIpc) is 2.14. The Labute approximate surface area is 99.5 Å². The van der Waals surface area contributed by atoms with Crippen molar-refractivity contribution in [2.75, 3.05) is 6.54 Å². The van der Waals surface area contributed by atoms with E-state index >= 15 is 0 Å². The first-order valence-electron chi connectivity index (χ1n) is 4.92. The molecule has 0 rings (SSSR count). The van der Waals surface area contributed by atoms with Crippen LogP contribution in [0.3, 0.4) is 0 Å². The molecule has 0 aliphatic carbocycles. The molecule has 0 unspecified atom stereocenters. The monoisotopic (exact) mass is 271 g/mol. The van der Waals surface area contributed by atoms with Gasteiger partial charge in [0.25, 0.3) is 0 Å². The van der Waals surface area contributed by atoms with Gasteiger partial charge in [-0.2, -0.15) is 13.2 Å². The van der Waals surface area contributed by atoms with E-state index in [1.54, 1.807) is 24.6 Å². The normalized spacial score (nSPS) is 13.2. The summed E-state index contributed by atoms with van der Waals surface area (Å²) in [4.78, 5) is 0. The Morgan fingerprint density at radius 2 is 1.88 bits per heavy atom. The number of allylic oxidation sites excluding steroid dienone is 1. The van der Waals surface area contributed by atoms with E-state index in [0.717, 1.165) is 0 Å². The summed E-state index contributed by atoms with van der Waals surface area (Å²) in [5.74, 6) is 0. The van der Waals surface area contributed by atoms with Gasteiger partial charge < -0.3 is 0 Å². The van der Waals surface area contributed by atoms with Crippen molar-refractivity contribution in [2.24, 2.45) is 5.41 Å². The largest absolute Gasteiger partial charge is 0.511 e. The highest BCUT2D eigenvalue weighted by atomic mass is 32.2. The minimum Gasteiger partial charge on any atom is -0.207 e. The van der Waals surface area contributed by atoms with E-state index in [1.165, 1.54) is 0 Å². The van der Waals surface area contributed by atoms with Crippen LogP contribution in [0.25, 0.3) is 0 Å². The van der Waals surface area contributed by atoms with Crippen LogP contribution < -0.4 is 4.72 Å². The maximum Gasteiger partial charge on any atom is 0.511 e. The van der Waals surface area contributed by atoms with Gasteiger partial charge >= 0.3 is 15.5 Å². The van der Waals surface area contributed by atoms with E-state index in [1.807, 2.05) is 0 Å². The first-order chi connectivity index (χ1) is 7.52. The Morgan fingerprint density at radius 1 is 1.35 bits per heavy atom. The van der Waals surface area contributed by atoms with E-state index in [4.69, 9.17) is 0 Å². The molecule has 0 aromatic rings. The van der Waals surface area contributed by atoms with E-state index in [2.05, 4.69) is 12.3 Å². The fraction of sp³-hybridized carbons (Fsp3) is 0.700. The Hall–Kier alpha value is -0.780. The summed E-state index contributed by atoms with van der Waals surface area (Å²) in [6.45, 7) is 6.46. The number of halogens is 3. The zero-order valence-electron chi connectivity index (χ0n) is 9.76. The van der Waals surface area contributed by atoms with Crippen molar-refractivity contribution in [3.63, 3.8) is 0 Å². The lowest BCUT2D eigenvalue weighted by Crippen LogP contribution is -2.41. The minimum absolute atomic E-state index is 0.264. The molecule has 7 heteroatoms. The zero-order chi connectivity index (χ0) is 13.7. The van der Waals surface area contributed by atoms with Gasteiger partial charge in [0.05, 0.1) is 0 Å². The topological polar surface area (TPSA) is 46.2 Å². The first-order valence-corrected chi connectivity index (χ1v) is 6.40. The molecule has 0 fully saturated rings. The Balaban J connectivity index is 4.41. The van der Waals surface area contributed by atoms with E-state index in [-0.39, 0.29) is 6.54 Å². The third kappa shape index (κ3) is 5.91. The molecule has 0 atom stereocenters. The molecule has 0 aliphatic rings. The molecule has 0 amide bonds. The number of alkyl halides is 3. The van der Waals surface area contributed by atoms with Gasteiger partial charge in [0, 0.05) is 6.54 Å². The van der Waals surface area contributed by atoms with Crippen LogP contribution in [0, 0.1) is 5.41 Å². The van der Waals surface area contributed by atoms with E-state index in [0.29, 0.717) is 12.8 Å². The van der Waals surface area contributed by atoms with Gasteiger partial charge in [-0.1, -0.05) is 20.4 Å². The number of sulfonamides is 1. The van der Waals surface area contributed by atoms with Gasteiger partial charge in [-0.3, -0.25) is 0 Å². The van der Waals surface area contributed by atoms with Gasteiger partial charge in [-0.25, -0.2) is 13.1 Å². The Bertz CT molecular complexity index is 392. The summed E-state index contributed by atoms with van der Waals surface area (Å²) in [6.07, 6.45) is 2.78. The highest BCUT2D eigenvalue weighted by Crippen LogP contribution is 2.25. The first kappa shape index (κ1) is 16.2. The summed E-state index contributed by atoms with van der Waals surface area (Å²) in [5.41, 5.74) is -3.28. The number of rotatable bonds is 6. The summed E-state index contributed by atoms with van der Waals surface area (Å²) >= 11 is 0. The predicted molar refractivity (Wildman–Crippen MR) is 59.7 cm³/mol. The van der Waals surface area contributed by atoms with Gasteiger partial charge in [-0.05, 0) is 24.3 Å². The maximum atomic E-state index is 12.0. The smallest absolute Gasteiger partial charge is 0.207 e. The summed E-state index contributed by atoms with van der Waals surface area (Å²) in [5, 5.41) is 0. The molecule has 0 spiro atoms.